The van der Waals surface area contributed by atoms with Crippen molar-refractivity contribution >= 4 is 17.9 Å². The van der Waals surface area contributed by atoms with Gasteiger partial charge in [-0.05, 0) is 17.5 Å². The number of carbonyl (C=O) groups excluding carboxylic acids is 2. The molecule has 0 amide bonds. The smallest absolute Gasteiger partial charge is 0.309 e. The molecule has 0 bridgehead atoms. The number of carboxylic acids is 1. The Labute approximate surface area is 157 Å². The summed E-state index contributed by atoms with van der Waals surface area (Å²) >= 11 is 0. The molecule has 1 N–H and O–H groups in total. The lowest BCUT2D eigenvalue weighted by molar-refractivity contribution is -0.155. The van der Waals surface area contributed by atoms with Crippen LogP contribution in [0.5, 0.6) is 0 Å². The quantitative estimate of drug-likeness (QED) is 0.645. The van der Waals surface area contributed by atoms with Crippen LogP contribution in [0, 0.1) is 5.92 Å². The molecule has 2 aromatic carbocycles. The van der Waals surface area contributed by atoms with Crippen molar-refractivity contribution in [2.75, 3.05) is 0 Å². The monoisotopic (exact) mass is 370 g/mol. The van der Waals surface area contributed by atoms with Gasteiger partial charge in [0.15, 0.2) is 0 Å². The summed E-state index contributed by atoms with van der Waals surface area (Å²) in [7, 11) is 0. The van der Waals surface area contributed by atoms with Gasteiger partial charge in [-0.1, -0.05) is 60.7 Å². The molecule has 0 aliphatic carbocycles. The second kappa shape index (κ2) is 10.8. The average molecular weight is 370 g/mol. The van der Waals surface area contributed by atoms with E-state index in [1.54, 1.807) is 12.1 Å². The van der Waals surface area contributed by atoms with E-state index >= 15 is 0 Å². The Morgan fingerprint density at radius 1 is 0.815 bits per heavy atom. The second-order valence-corrected chi connectivity index (χ2v) is 6.07. The van der Waals surface area contributed by atoms with Crippen LogP contribution in [0.15, 0.2) is 60.7 Å². The van der Waals surface area contributed by atoms with Crippen LogP contribution in [0.25, 0.3) is 0 Å². The third-order valence-corrected chi connectivity index (χ3v) is 3.92. The molecular weight excluding hydrogens is 348 g/mol. The van der Waals surface area contributed by atoms with Crippen molar-refractivity contribution in [1.82, 2.24) is 0 Å². The fourth-order valence-electron chi connectivity index (χ4n) is 2.46. The number of aliphatic carboxylic acids is 1. The van der Waals surface area contributed by atoms with Gasteiger partial charge in [-0.2, -0.15) is 0 Å². The van der Waals surface area contributed by atoms with Crippen LogP contribution >= 0.6 is 0 Å². The average Bonchev–Trinajstić information content (AvgIpc) is 2.69. The van der Waals surface area contributed by atoms with E-state index in [9.17, 15) is 14.4 Å². The van der Waals surface area contributed by atoms with E-state index in [2.05, 4.69) is 0 Å². The molecule has 0 fully saturated rings. The first-order valence-corrected chi connectivity index (χ1v) is 8.66. The molecule has 142 valence electrons. The molecule has 6 heteroatoms. The molecule has 6 nitrogen and oxygen atoms in total. The molecule has 1 atom stereocenters. The lowest BCUT2D eigenvalue weighted by atomic mass is 9.99. The van der Waals surface area contributed by atoms with Gasteiger partial charge in [0.25, 0.3) is 0 Å². The Balaban J connectivity index is 1.81. The molecule has 2 aromatic rings. The number of hydrogen-bond donors (Lipinski definition) is 1. The van der Waals surface area contributed by atoms with Crippen LogP contribution in [0.2, 0.25) is 0 Å². The van der Waals surface area contributed by atoms with E-state index in [0.717, 1.165) is 11.1 Å². The number of carboxylic acid groups (broad SMARTS) is 1. The minimum atomic E-state index is -1.12. The van der Waals surface area contributed by atoms with Gasteiger partial charge < -0.3 is 14.6 Å². The van der Waals surface area contributed by atoms with Crippen LogP contribution in [0.1, 0.15) is 30.4 Å². The zero-order valence-electron chi connectivity index (χ0n) is 14.9. The van der Waals surface area contributed by atoms with Crippen molar-refractivity contribution in [3.8, 4) is 0 Å². The van der Waals surface area contributed by atoms with Gasteiger partial charge in [0.2, 0.25) is 0 Å². The van der Waals surface area contributed by atoms with Crippen molar-refractivity contribution in [3.05, 3.63) is 71.8 Å². The van der Waals surface area contributed by atoms with Gasteiger partial charge in [0, 0.05) is 6.42 Å². The maximum absolute atomic E-state index is 12.2. The third kappa shape index (κ3) is 7.73. The zero-order valence-corrected chi connectivity index (χ0v) is 14.9. The highest BCUT2D eigenvalue weighted by molar-refractivity contribution is 5.80. The summed E-state index contributed by atoms with van der Waals surface area (Å²) < 4.78 is 10.4. The standard InChI is InChI=1S/C21H22O6/c22-19(23)13-18(21(25)27-15-17-9-5-2-6-10-17)11-12-20(24)26-14-16-7-3-1-4-8-16/h1-10,18H,11-15H2,(H,22,23). The molecule has 0 saturated carbocycles. The SMILES string of the molecule is O=C(O)CC(CCC(=O)OCc1ccccc1)C(=O)OCc1ccccc1. The normalized spacial score (nSPS) is 11.4. The summed E-state index contributed by atoms with van der Waals surface area (Å²) in [6.07, 6.45) is -0.377. The van der Waals surface area contributed by atoms with Crippen molar-refractivity contribution < 1.29 is 29.0 Å². The van der Waals surface area contributed by atoms with E-state index in [-0.39, 0.29) is 32.5 Å². The summed E-state index contributed by atoms with van der Waals surface area (Å²) in [5, 5.41) is 9.01. The van der Waals surface area contributed by atoms with Crippen LogP contribution in [0.3, 0.4) is 0 Å². The molecule has 0 saturated heterocycles. The number of esters is 2. The third-order valence-electron chi connectivity index (χ3n) is 3.92. The first-order chi connectivity index (χ1) is 13.0. The van der Waals surface area contributed by atoms with Crippen molar-refractivity contribution in [2.45, 2.75) is 32.5 Å². The zero-order chi connectivity index (χ0) is 19.5. The summed E-state index contributed by atoms with van der Waals surface area (Å²) in [6.45, 7) is 0.204. The Hall–Kier alpha value is -3.15. The maximum Gasteiger partial charge on any atom is 0.309 e. The number of hydrogen-bond acceptors (Lipinski definition) is 5. The van der Waals surface area contributed by atoms with Crippen molar-refractivity contribution in [3.63, 3.8) is 0 Å². The fourth-order valence-corrected chi connectivity index (χ4v) is 2.46. The van der Waals surface area contributed by atoms with E-state index in [0.29, 0.717) is 0 Å². The van der Waals surface area contributed by atoms with Gasteiger partial charge in [-0.25, -0.2) is 0 Å². The Morgan fingerprint density at radius 3 is 1.85 bits per heavy atom. The van der Waals surface area contributed by atoms with Crippen LogP contribution in [0.4, 0.5) is 0 Å². The molecule has 27 heavy (non-hydrogen) atoms. The van der Waals surface area contributed by atoms with Gasteiger partial charge in [0.05, 0.1) is 12.3 Å². The molecule has 0 aliphatic rings. The lowest BCUT2D eigenvalue weighted by Gasteiger charge is -2.14. The van der Waals surface area contributed by atoms with E-state index < -0.39 is 23.8 Å². The highest BCUT2D eigenvalue weighted by Crippen LogP contribution is 2.16. The van der Waals surface area contributed by atoms with Gasteiger partial charge >= 0.3 is 17.9 Å². The predicted molar refractivity (Wildman–Crippen MR) is 97.5 cm³/mol. The van der Waals surface area contributed by atoms with Crippen LogP contribution in [-0.4, -0.2) is 23.0 Å². The molecule has 0 aromatic heterocycles. The number of carbonyl (C=O) groups is 3. The molecule has 0 radical (unpaired) electrons. The predicted octanol–water partition coefficient (Wildman–Crippen LogP) is 3.34. The highest BCUT2D eigenvalue weighted by atomic mass is 16.5. The summed E-state index contributed by atoms with van der Waals surface area (Å²) in [4.78, 5) is 35.1. The Morgan fingerprint density at radius 2 is 1.33 bits per heavy atom. The number of benzene rings is 2. The Kier molecular flexibility index (Phi) is 8.03. The molecule has 0 heterocycles. The summed E-state index contributed by atoms with van der Waals surface area (Å²) in [6, 6.07) is 18.3. The van der Waals surface area contributed by atoms with Gasteiger partial charge in [0.1, 0.15) is 13.2 Å². The molecule has 1 unspecified atom stereocenters. The maximum atomic E-state index is 12.2. The van der Waals surface area contributed by atoms with E-state index in [1.807, 2.05) is 48.5 Å². The topological polar surface area (TPSA) is 89.9 Å². The lowest BCUT2D eigenvalue weighted by Crippen LogP contribution is -2.22. The summed E-state index contributed by atoms with van der Waals surface area (Å²) in [5.74, 6) is -3.12. The first-order valence-electron chi connectivity index (χ1n) is 8.66. The fraction of sp³-hybridized carbons (Fsp3) is 0.286. The largest absolute Gasteiger partial charge is 0.481 e. The second-order valence-electron chi connectivity index (χ2n) is 6.07. The van der Waals surface area contributed by atoms with Crippen LogP contribution in [-0.2, 0) is 37.1 Å². The minimum Gasteiger partial charge on any atom is -0.481 e. The minimum absolute atomic E-state index is 0.0504. The van der Waals surface area contributed by atoms with E-state index in [1.165, 1.54) is 0 Å². The molecule has 2 rings (SSSR count). The first kappa shape index (κ1) is 20.2. The number of rotatable bonds is 10. The van der Waals surface area contributed by atoms with Gasteiger partial charge in [-0.3, -0.25) is 14.4 Å². The van der Waals surface area contributed by atoms with Crippen molar-refractivity contribution in [2.24, 2.45) is 5.92 Å². The van der Waals surface area contributed by atoms with Gasteiger partial charge in [-0.15, -0.1) is 0 Å². The number of ether oxygens (including phenoxy) is 2. The Bertz CT molecular complexity index is 742. The molecule has 0 spiro atoms. The molecule has 0 aliphatic heterocycles. The van der Waals surface area contributed by atoms with E-state index in [4.69, 9.17) is 14.6 Å². The van der Waals surface area contributed by atoms with Crippen LogP contribution < -0.4 is 0 Å². The highest BCUT2D eigenvalue weighted by Gasteiger charge is 2.24. The van der Waals surface area contributed by atoms with Crippen molar-refractivity contribution in [1.29, 1.82) is 0 Å². The summed E-state index contributed by atoms with van der Waals surface area (Å²) in [5.41, 5.74) is 1.66. The molecular formula is C21H22O6.